The first-order valence-corrected chi connectivity index (χ1v) is 11.6. The average molecular weight is 495 g/mol. The molecule has 9 nitrogen and oxygen atoms in total. The van der Waals surface area contributed by atoms with Gasteiger partial charge in [0.1, 0.15) is 11.3 Å². The van der Waals surface area contributed by atoms with Gasteiger partial charge < -0.3 is 30.3 Å². The zero-order chi connectivity index (χ0) is 23.1. The van der Waals surface area contributed by atoms with Crippen molar-refractivity contribution in [3.8, 4) is 11.5 Å². The standard InChI is InChI=1S/C23H31FN6O3.ClH/c1-32-17-12-15-20(19(24)21(17)33-2)27-23(28-22(15)25)30-8-6-29(7-9-30)18(31)11-14-10-13-4-3-5-16(13)26-14;/h12-14,16,26H,3-11H2,1-2H3,(H2,25,27,28);1H/t13-,14-,16-;/m0./s1. The van der Waals surface area contributed by atoms with E-state index in [-0.39, 0.29) is 41.1 Å². The molecule has 2 saturated heterocycles. The number of hydrogen-bond acceptors (Lipinski definition) is 8. The molecule has 34 heavy (non-hydrogen) atoms. The fourth-order valence-corrected chi connectivity index (χ4v) is 5.59. The molecule has 1 aromatic heterocycles. The van der Waals surface area contributed by atoms with Gasteiger partial charge in [-0.25, -0.2) is 9.37 Å². The summed E-state index contributed by atoms with van der Waals surface area (Å²) in [5.41, 5.74) is 6.23. The molecule has 1 amide bonds. The third kappa shape index (κ3) is 4.40. The van der Waals surface area contributed by atoms with Crippen molar-refractivity contribution in [2.24, 2.45) is 5.92 Å². The Hall–Kier alpha value is -2.59. The number of ether oxygens (including phenoxy) is 2. The van der Waals surface area contributed by atoms with Crippen molar-refractivity contribution >= 4 is 41.0 Å². The van der Waals surface area contributed by atoms with Crippen molar-refractivity contribution in [1.82, 2.24) is 20.2 Å². The predicted molar refractivity (Wildman–Crippen MR) is 130 cm³/mol. The highest BCUT2D eigenvalue weighted by Gasteiger charge is 2.38. The van der Waals surface area contributed by atoms with Crippen LogP contribution in [-0.4, -0.2) is 73.3 Å². The number of rotatable bonds is 5. The van der Waals surface area contributed by atoms with Gasteiger partial charge in [0.05, 0.1) is 14.2 Å². The Bertz CT molecular complexity index is 1050. The lowest BCUT2D eigenvalue weighted by molar-refractivity contribution is -0.132. The fraction of sp³-hybridized carbons (Fsp3) is 0.609. The number of benzene rings is 1. The minimum absolute atomic E-state index is 0. The summed E-state index contributed by atoms with van der Waals surface area (Å²) in [7, 11) is 2.81. The van der Waals surface area contributed by atoms with E-state index in [0.717, 1.165) is 12.3 Å². The van der Waals surface area contributed by atoms with Gasteiger partial charge in [-0.2, -0.15) is 4.98 Å². The van der Waals surface area contributed by atoms with Crippen LogP contribution in [0.3, 0.4) is 0 Å². The number of piperazine rings is 1. The largest absolute Gasteiger partial charge is 0.493 e. The summed E-state index contributed by atoms with van der Waals surface area (Å²) < 4.78 is 25.4. The summed E-state index contributed by atoms with van der Waals surface area (Å²) in [6.07, 6.45) is 5.49. The number of anilines is 2. The summed E-state index contributed by atoms with van der Waals surface area (Å²) >= 11 is 0. The van der Waals surface area contributed by atoms with Crippen molar-refractivity contribution in [3.05, 3.63) is 11.9 Å². The highest BCUT2D eigenvalue weighted by atomic mass is 35.5. The van der Waals surface area contributed by atoms with Crippen LogP contribution in [0.4, 0.5) is 16.2 Å². The number of nitrogens with one attached hydrogen (secondary N) is 1. The first-order valence-electron chi connectivity index (χ1n) is 11.6. The molecule has 1 aliphatic carbocycles. The van der Waals surface area contributed by atoms with E-state index in [1.807, 2.05) is 9.80 Å². The van der Waals surface area contributed by atoms with E-state index >= 15 is 4.39 Å². The number of amides is 1. The lowest BCUT2D eigenvalue weighted by Crippen LogP contribution is -2.50. The maximum absolute atomic E-state index is 15.1. The second kappa shape index (κ2) is 9.95. The van der Waals surface area contributed by atoms with E-state index in [4.69, 9.17) is 15.2 Å². The molecule has 2 aliphatic heterocycles. The number of hydrogen-bond donors (Lipinski definition) is 2. The van der Waals surface area contributed by atoms with Crippen LogP contribution in [0.25, 0.3) is 10.9 Å². The second-order valence-corrected chi connectivity index (χ2v) is 9.20. The molecular formula is C23H32ClFN6O3. The molecule has 1 saturated carbocycles. The molecule has 0 bridgehead atoms. The van der Waals surface area contributed by atoms with Gasteiger partial charge in [-0.1, -0.05) is 6.42 Å². The minimum Gasteiger partial charge on any atom is -0.493 e. The monoisotopic (exact) mass is 494 g/mol. The number of nitrogens with zero attached hydrogens (tertiary/aromatic N) is 4. The molecule has 0 spiro atoms. The molecule has 1 aromatic carbocycles. The lowest BCUT2D eigenvalue weighted by atomic mass is 10.0. The van der Waals surface area contributed by atoms with Crippen molar-refractivity contribution < 1.29 is 18.7 Å². The van der Waals surface area contributed by atoms with E-state index in [0.29, 0.717) is 56.0 Å². The first kappa shape index (κ1) is 24.5. The molecule has 0 radical (unpaired) electrons. The van der Waals surface area contributed by atoms with Crippen molar-refractivity contribution in [2.75, 3.05) is 51.0 Å². The Kier molecular flexibility index (Phi) is 7.18. The van der Waals surface area contributed by atoms with Gasteiger partial charge in [0, 0.05) is 50.1 Å². The Morgan fingerprint density at radius 3 is 2.65 bits per heavy atom. The summed E-state index contributed by atoms with van der Waals surface area (Å²) in [6, 6.07) is 2.48. The van der Waals surface area contributed by atoms with Gasteiger partial charge in [-0.05, 0) is 31.2 Å². The number of aromatic nitrogens is 2. The second-order valence-electron chi connectivity index (χ2n) is 9.20. The molecule has 11 heteroatoms. The van der Waals surface area contributed by atoms with Gasteiger partial charge >= 0.3 is 0 Å². The Labute approximate surface area is 204 Å². The zero-order valence-corrected chi connectivity index (χ0v) is 20.4. The highest BCUT2D eigenvalue weighted by Crippen LogP contribution is 2.38. The summed E-state index contributed by atoms with van der Waals surface area (Å²) in [5, 5.41) is 4.03. The maximum Gasteiger partial charge on any atom is 0.228 e. The zero-order valence-electron chi connectivity index (χ0n) is 19.6. The smallest absolute Gasteiger partial charge is 0.228 e. The molecule has 3 fully saturated rings. The number of nitrogen functional groups attached to an aromatic ring is 1. The Balaban J connectivity index is 0.00000274. The van der Waals surface area contributed by atoms with Gasteiger partial charge in [0.25, 0.3) is 0 Å². The van der Waals surface area contributed by atoms with Crippen LogP contribution in [0.15, 0.2) is 6.07 Å². The molecule has 5 rings (SSSR count). The Morgan fingerprint density at radius 2 is 1.97 bits per heavy atom. The van der Waals surface area contributed by atoms with Crippen LogP contribution in [0.5, 0.6) is 11.5 Å². The van der Waals surface area contributed by atoms with E-state index in [2.05, 4.69) is 15.3 Å². The lowest BCUT2D eigenvalue weighted by Gasteiger charge is -2.35. The fourth-order valence-electron chi connectivity index (χ4n) is 5.59. The Morgan fingerprint density at radius 1 is 1.21 bits per heavy atom. The molecule has 186 valence electrons. The van der Waals surface area contributed by atoms with Crippen LogP contribution in [0.2, 0.25) is 0 Å². The minimum atomic E-state index is -0.634. The maximum atomic E-state index is 15.1. The van der Waals surface area contributed by atoms with Gasteiger partial charge in [0.2, 0.25) is 11.9 Å². The van der Waals surface area contributed by atoms with Crippen LogP contribution in [0.1, 0.15) is 32.1 Å². The normalized spacial score (nSPS) is 24.1. The van der Waals surface area contributed by atoms with Crippen molar-refractivity contribution in [3.63, 3.8) is 0 Å². The molecular weight excluding hydrogens is 463 g/mol. The van der Waals surface area contributed by atoms with Crippen LogP contribution < -0.4 is 25.4 Å². The molecule has 3 aliphatic rings. The number of methoxy groups -OCH3 is 2. The number of carbonyl (C=O) groups excluding carboxylic acids is 1. The molecule has 2 aromatic rings. The highest BCUT2D eigenvalue weighted by molar-refractivity contribution is 5.92. The van der Waals surface area contributed by atoms with E-state index in [1.165, 1.54) is 33.5 Å². The van der Waals surface area contributed by atoms with Gasteiger partial charge in [-0.3, -0.25) is 4.79 Å². The van der Waals surface area contributed by atoms with Crippen molar-refractivity contribution in [1.29, 1.82) is 0 Å². The number of nitrogens with two attached hydrogens (primary N) is 1. The molecule has 3 N–H and O–H groups in total. The van der Waals surface area contributed by atoms with Crippen molar-refractivity contribution in [2.45, 2.75) is 44.2 Å². The van der Waals surface area contributed by atoms with E-state index in [9.17, 15) is 4.79 Å². The summed E-state index contributed by atoms with van der Waals surface area (Å²) in [4.78, 5) is 25.5. The molecule has 3 heterocycles. The third-order valence-corrected chi connectivity index (χ3v) is 7.33. The first-order chi connectivity index (χ1) is 16.0. The van der Waals surface area contributed by atoms with Gasteiger partial charge in [0.15, 0.2) is 17.3 Å². The topological polar surface area (TPSA) is 106 Å². The summed E-state index contributed by atoms with van der Waals surface area (Å²) in [5.74, 6) is 1.04. The quantitative estimate of drug-likeness (QED) is 0.652. The SMILES string of the molecule is COc1cc2c(N)nc(N3CCN(C(=O)C[C@@H]4C[C@@H]5CCC[C@@H]5N4)CC3)nc2c(F)c1OC.Cl. The van der Waals surface area contributed by atoms with Crippen LogP contribution in [0, 0.1) is 11.7 Å². The summed E-state index contributed by atoms with van der Waals surface area (Å²) in [6.45, 7) is 2.28. The van der Waals surface area contributed by atoms with E-state index < -0.39 is 5.82 Å². The van der Waals surface area contributed by atoms with Gasteiger partial charge in [-0.15, -0.1) is 12.4 Å². The van der Waals surface area contributed by atoms with E-state index in [1.54, 1.807) is 6.07 Å². The van der Waals surface area contributed by atoms with Crippen LogP contribution in [-0.2, 0) is 4.79 Å². The average Bonchev–Trinajstić information content (AvgIpc) is 3.41. The number of halogens is 2. The molecule has 3 atom stereocenters. The number of fused-ring (bicyclic) bond motifs is 2. The molecule has 0 unspecified atom stereocenters. The predicted octanol–water partition coefficient (Wildman–Crippen LogP) is 2.36. The van der Waals surface area contributed by atoms with Crippen LogP contribution >= 0.6 is 12.4 Å². The third-order valence-electron chi connectivity index (χ3n) is 7.33. The number of carbonyl (C=O) groups is 1.